The number of hydrogen-bond donors (Lipinski definition) is 1. The van der Waals surface area contributed by atoms with E-state index in [0.29, 0.717) is 5.92 Å². The van der Waals surface area contributed by atoms with Crippen LogP contribution in [0.4, 0.5) is 5.82 Å². The van der Waals surface area contributed by atoms with Crippen LogP contribution in [0.25, 0.3) is 0 Å². The minimum Gasteiger partial charge on any atom is -0.480 e. The van der Waals surface area contributed by atoms with Crippen molar-refractivity contribution in [1.29, 1.82) is 0 Å². The SMILES string of the molecule is CCCN1CC2(CCN(c3cc(C4CC4)ncn3)CC2)C[C@@H]1C(=O)O. The molecule has 1 N–H and O–H groups in total. The maximum Gasteiger partial charge on any atom is 0.320 e. The van der Waals surface area contributed by atoms with Gasteiger partial charge in [-0.2, -0.15) is 0 Å². The third kappa shape index (κ3) is 3.36. The summed E-state index contributed by atoms with van der Waals surface area (Å²) in [5.74, 6) is 1.04. The van der Waals surface area contributed by atoms with Crippen LogP contribution in [0.1, 0.15) is 57.1 Å². The van der Waals surface area contributed by atoms with Crippen molar-refractivity contribution in [2.24, 2.45) is 5.41 Å². The minimum atomic E-state index is -0.655. The molecule has 6 heteroatoms. The highest BCUT2D eigenvalue weighted by Crippen LogP contribution is 2.44. The summed E-state index contributed by atoms with van der Waals surface area (Å²) < 4.78 is 0. The quantitative estimate of drug-likeness (QED) is 0.885. The van der Waals surface area contributed by atoms with Crippen LogP contribution in [0.15, 0.2) is 12.4 Å². The molecule has 4 rings (SSSR count). The van der Waals surface area contributed by atoms with Crippen LogP contribution >= 0.6 is 0 Å². The Labute approximate surface area is 149 Å². The van der Waals surface area contributed by atoms with Gasteiger partial charge in [0.25, 0.3) is 0 Å². The summed E-state index contributed by atoms with van der Waals surface area (Å²) in [5, 5.41) is 9.57. The van der Waals surface area contributed by atoms with Gasteiger partial charge >= 0.3 is 5.97 Å². The molecule has 3 heterocycles. The van der Waals surface area contributed by atoms with E-state index in [2.05, 4.69) is 32.8 Å². The normalized spacial score (nSPS) is 26.3. The van der Waals surface area contributed by atoms with Gasteiger partial charge in [-0.25, -0.2) is 9.97 Å². The van der Waals surface area contributed by atoms with Crippen molar-refractivity contribution in [3.63, 3.8) is 0 Å². The van der Waals surface area contributed by atoms with Crippen LogP contribution < -0.4 is 4.90 Å². The number of carboxylic acid groups (broad SMARTS) is 1. The molecule has 25 heavy (non-hydrogen) atoms. The van der Waals surface area contributed by atoms with Crippen molar-refractivity contribution in [2.45, 2.75) is 57.4 Å². The molecule has 6 nitrogen and oxygen atoms in total. The highest BCUT2D eigenvalue weighted by atomic mass is 16.4. The Kier molecular flexibility index (Phi) is 4.40. The van der Waals surface area contributed by atoms with E-state index in [-0.39, 0.29) is 11.5 Å². The van der Waals surface area contributed by atoms with Crippen molar-refractivity contribution in [1.82, 2.24) is 14.9 Å². The molecular weight excluding hydrogens is 316 g/mol. The highest BCUT2D eigenvalue weighted by Gasteiger charge is 2.47. The van der Waals surface area contributed by atoms with Crippen LogP contribution in [-0.2, 0) is 4.79 Å². The van der Waals surface area contributed by atoms with Crippen molar-refractivity contribution in [3.05, 3.63) is 18.1 Å². The smallest absolute Gasteiger partial charge is 0.320 e. The van der Waals surface area contributed by atoms with E-state index in [1.165, 1.54) is 18.5 Å². The minimum absolute atomic E-state index is 0.168. The number of nitrogens with zero attached hydrogens (tertiary/aromatic N) is 4. The molecule has 1 spiro atoms. The van der Waals surface area contributed by atoms with Crippen molar-refractivity contribution < 1.29 is 9.90 Å². The molecule has 0 unspecified atom stereocenters. The molecule has 3 fully saturated rings. The number of aromatic nitrogens is 2. The summed E-state index contributed by atoms with van der Waals surface area (Å²) in [6.07, 6.45) is 8.13. The summed E-state index contributed by atoms with van der Waals surface area (Å²) in [6.45, 7) is 5.88. The molecule has 1 saturated carbocycles. The Bertz CT molecular complexity index is 638. The first kappa shape index (κ1) is 16.8. The Morgan fingerprint density at radius 2 is 2.08 bits per heavy atom. The summed E-state index contributed by atoms with van der Waals surface area (Å²) in [7, 11) is 0. The molecule has 136 valence electrons. The second-order valence-electron chi connectivity index (χ2n) is 8.09. The highest BCUT2D eigenvalue weighted by molar-refractivity contribution is 5.74. The zero-order chi connectivity index (χ0) is 17.4. The molecular formula is C19H28N4O2. The zero-order valence-electron chi connectivity index (χ0n) is 15.0. The number of anilines is 1. The van der Waals surface area contributed by atoms with E-state index in [1.807, 2.05) is 0 Å². The fourth-order valence-electron chi connectivity index (χ4n) is 4.62. The van der Waals surface area contributed by atoms with Gasteiger partial charge in [-0.1, -0.05) is 6.92 Å². The molecule has 0 amide bonds. The third-order valence-electron chi connectivity index (χ3n) is 6.22. The molecule has 0 aromatic carbocycles. The second kappa shape index (κ2) is 6.56. The lowest BCUT2D eigenvalue weighted by molar-refractivity contribution is -0.142. The first-order valence-corrected chi connectivity index (χ1v) is 9.64. The fourth-order valence-corrected chi connectivity index (χ4v) is 4.62. The van der Waals surface area contributed by atoms with E-state index < -0.39 is 5.97 Å². The molecule has 1 atom stereocenters. The van der Waals surface area contributed by atoms with E-state index in [9.17, 15) is 9.90 Å². The number of piperidine rings is 1. The first-order chi connectivity index (χ1) is 12.1. The van der Waals surface area contributed by atoms with Gasteiger partial charge in [0.2, 0.25) is 0 Å². The van der Waals surface area contributed by atoms with Crippen molar-refractivity contribution >= 4 is 11.8 Å². The molecule has 2 aliphatic heterocycles. The Morgan fingerprint density at radius 3 is 2.72 bits per heavy atom. The largest absolute Gasteiger partial charge is 0.480 e. The van der Waals surface area contributed by atoms with E-state index in [1.54, 1.807) is 6.33 Å². The molecule has 1 aliphatic carbocycles. The number of likely N-dealkylation sites (tertiary alicyclic amines) is 1. The predicted octanol–water partition coefficient (Wildman–Crippen LogP) is 2.51. The molecule has 1 aromatic heterocycles. The maximum atomic E-state index is 11.6. The van der Waals surface area contributed by atoms with Gasteiger partial charge in [0.05, 0.1) is 0 Å². The Morgan fingerprint density at radius 1 is 1.32 bits per heavy atom. The molecule has 1 aromatic rings. The molecule has 0 bridgehead atoms. The summed E-state index contributed by atoms with van der Waals surface area (Å²) >= 11 is 0. The Balaban J connectivity index is 1.42. The monoisotopic (exact) mass is 344 g/mol. The lowest BCUT2D eigenvalue weighted by Crippen LogP contribution is -2.42. The molecule has 3 aliphatic rings. The van der Waals surface area contributed by atoms with Gasteiger partial charge in [0.1, 0.15) is 18.2 Å². The van der Waals surface area contributed by atoms with E-state index in [0.717, 1.165) is 57.7 Å². The Hall–Kier alpha value is -1.69. The third-order valence-corrected chi connectivity index (χ3v) is 6.22. The number of hydrogen-bond acceptors (Lipinski definition) is 5. The van der Waals surface area contributed by atoms with Gasteiger partial charge in [0, 0.05) is 37.3 Å². The van der Waals surface area contributed by atoms with Crippen LogP contribution in [0.5, 0.6) is 0 Å². The van der Waals surface area contributed by atoms with Crippen LogP contribution in [0.2, 0.25) is 0 Å². The van der Waals surface area contributed by atoms with E-state index >= 15 is 0 Å². The van der Waals surface area contributed by atoms with Gasteiger partial charge in [-0.05, 0) is 50.5 Å². The fraction of sp³-hybridized carbons (Fsp3) is 0.737. The van der Waals surface area contributed by atoms with E-state index in [4.69, 9.17) is 0 Å². The van der Waals surface area contributed by atoms with Crippen molar-refractivity contribution in [3.8, 4) is 0 Å². The maximum absolute atomic E-state index is 11.6. The number of aliphatic carboxylic acids is 1. The van der Waals surface area contributed by atoms with Crippen LogP contribution in [0, 0.1) is 5.41 Å². The number of carbonyl (C=O) groups is 1. The van der Waals surface area contributed by atoms with Gasteiger partial charge in [-0.3, -0.25) is 9.69 Å². The lowest BCUT2D eigenvalue weighted by Gasteiger charge is -2.40. The van der Waals surface area contributed by atoms with Crippen molar-refractivity contribution in [2.75, 3.05) is 31.1 Å². The zero-order valence-corrected chi connectivity index (χ0v) is 15.0. The summed E-state index contributed by atoms with van der Waals surface area (Å²) in [4.78, 5) is 25.1. The van der Waals surface area contributed by atoms with Gasteiger partial charge < -0.3 is 10.0 Å². The summed E-state index contributed by atoms with van der Waals surface area (Å²) in [5.41, 5.74) is 1.35. The second-order valence-corrected chi connectivity index (χ2v) is 8.09. The topological polar surface area (TPSA) is 69.6 Å². The van der Waals surface area contributed by atoms with Crippen LogP contribution in [-0.4, -0.2) is 58.2 Å². The van der Waals surface area contributed by atoms with Crippen LogP contribution in [0.3, 0.4) is 0 Å². The molecule has 0 radical (unpaired) electrons. The molecule has 2 saturated heterocycles. The number of carboxylic acids is 1. The first-order valence-electron chi connectivity index (χ1n) is 9.64. The summed E-state index contributed by atoms with van der Waals surface area (Å²) in [6, 6.07) is 1.86. The average molecular weight is 344 g/mol. The predicted molar refractivity (Wildman–Crippen MR) is 95.8 cm³/mol. The number of rotatable bonds is 5. The lowest BCUT2D eigenvalue weighted by atomic mass is 9.76. The average Bonchev–Trinajstić information content (AvgIpc) is 3.40. The standard InChI is InChI=1S/C19H28N4O2/c1-2-7-23-12-19(11-16(23)18(24)25)5-8-22(9-6-19)17-10-15(14-3-4-14)20-13-21-17/h10,13-14,16H,2-9,11-12H2,1H3,(H,24,25)/t16-/m1/s1. The van der Waals surface area contributed by atoms with Gasteiger partial charge in [-0.15, -0.1) is 0 Å². The van der Waals surface area contributed by atoms with Gasteiger partial charge in [0.15, 0.2) is 0 Å².